The molecule has 4 atom stereocenters. The van der Waals surface area contributed by atoms with E-state index < -0.39 is 5.60 Å². The summed E-state index contributed by atoms with van der Waals surface area (Å²) in [5.41, 5.74) is 11.1. The first-order valence-corrected chi connectivity index (χ1v) is 10.4. The van der Waals surface area contributed by atoms with Crippen LogP contribution in [0.15, 0.2) is 21.9 Å². The summed E-state index contributed by atoms with van der Waals surface area (Å²) in [5.74, 6) is 1.93. The van der Waals surface area contributed by atoms with Crippen LogP contribution >= 0.6 is 0 Å². The molecule has 5 heteroatoms. The van der Waals surface area contributed by atoms with Gasteiger partial charge in [0.05, 0.1) is 11.8 Å². The van der Waals surface area contributed by atoms with Gasteiger partial charge in [-0.3, -0.25) is 0 Å². The number of guanidine groups is 1. The van der Waals surface area contributed by atoms with Crippen molar-refractivity contribution >= 4 is 12.2 Å². The highest BCUT2D eigenvalue weighted by atomic mass is 16.3. The first-order valence-electron chi connectivity index (χ1n) is 10.4. The van der Waals surface area contributed by atoms with Gasteiger partial charge in [-0.15, -0.1) is 5.10 Å². The Balaban J connectivity index is 1.70. The highest BCUT2D eigenvalue weighted by Gasteiger charge is 2.58. The third-order valence-corrected chi connectivity index (χ3v) is 7.60. The fourth-order valence-electron chi connectivity index (χ4n) is 5.94. The molecule has 0 aliphatic heterocycles. The van der Waals surface area contributed by atoms with Crippen LogP contribution in [0, 0.1) is 23.2 Å². The average Bonchev–Trinajstić information content (AvgIpc) is 2.86. The van der Waals surface area contributed by atoms with Crippen LogP contribution in [0.1, 0.15) is 78.1 Å². The second-order valence-corrected chi connectivity index (χ2v) is 9.18. The van der Waals surface area contributed by atoms with Gasteiger partial charge in [0.1, 0.15) is 0 Å². The number of fused-ring (bicyclic) bond motifs is 1. The maximum Gasteiger partial charge on any atom is 0.211 e. The van der Waals surface area contributed by atoms with E-state index in [1.807, 2.05) is 6.92 Å². The Hall–Kier alpha value is -1.36. The van der Waals surface area contributed by atoms with E-state index in [1.54, 1.807) is 6.21 Å². The zero-order valence-electron chi connectivity index (χ0n) is 16.5. The normalized spacial score (nSPS) is 39.1. The molecule has 0 bridgehead atoms. The van der Waals surface area contributed by atoms with Gasteiger partial charge in [0.2, 0.25) is 5.96 Å². The van der Waals surface area contributed by atoms with Crippen molar-refractivity contribution in [2.24, 2.45) is 44.8 Å². The average molecular weight is 361 g/mol. The molecule has 3 rings (SSSR count). The molecule has 0 aromatic heterocycles. The van der Waals surface area contributed by atoms with Gasteiger partial charge in [0, 0.05) is 5.41 Å². The summed E-state index contributed by atoms with van der Waals surface area (Å²) in [4.78, 5) is 0. The van der Waals surface area contributed by atoms with Gasteiger partial charge < -0.3 is 16.6 Å². The minimum Gasteiger partial charge on any atom is -0.389 e. The van der Waals surface area contributed by atoms with Crippen molar-refractivity contribution in [1.29, 1.82) is 0 Å². The zero-order valence-corrected chi connectivity index (χ0v) is 16.5. The minimum absolute atomic E-state index is 0.0244. The Morgan fingerprint density at radius 1 is 1.04 bits per heavy atom. The second kappa shape index (κ2) is 7.71. The largest absolute Gasteiger partial charge is 0.389 e. The number of nitrogens with two attached hydrogens (primary N) is 2. The Morgan fingerprint density at radius 3 is 2.46 bits per heavy atom. The van der Waals surface area contributed by atoms with Crippen LogP contribution in [0.3, 0.4) is 0 Å². The molecular weight excluding hydrogens is 324 g/mol. The molecule has 0 amide bonds. The monoisotopic (exact) mass is 360 g/mol. The lowest BCUT2D eigenvalue weighted by atomic mass is 9.57. The van der Waals surface area contributed by atoms with Gasteiger partial charge in [-0.1, -0.05) is 45.1 Å². The van der Waals surface area contributed by atoms with Crippen molar-refractivity contribution in [2.45, 2.75) is 83.7 Å². The van der Waals surface area contributed by atoms with Crippen LogP contribution in [0.2, 0.25) is 0 Å². The summed E-state index contributed by atoms with van der Waals surface area (Å²) in [6.07, 6.45) is 16.3. The number of rotatable bonds is 4. The fourth-order valence-corrected chi connectivity index (χ4v) is 5.94. The van der Waals surface area contributed by atoms with E-state index in [0.717, 1.165) is 43.1 Å². The van der Waals surface area contributed by atoms with E-state index in [2.05, 4.69) is 23.2 Å². The second-order valence-electron chi connectivity index (χ2n) is 9.18. The van der Waals surface area contributed by atoms with Crippen molar-refractivity contribution in [2.75, 3.05) is 0 Å². The maximum atomic E-state index is 11.6. The van der Waals surface area contributed by atoms with E-state index in [1.165, 1.54) is 38.5 Å². The van der Waals surface area contributed by atoms with E-state index in [9.17, 15) is 5.11 Å². The molecule has 0 heterocycles. The molecule has 146 valence electrons. The highest BCUT2D eigenvalue weighted by Crippen LogP contribution is 2.61. The van der Waals surface area contributed by atoms with Crippen molar-refractivity contribution in [3.05, 3.63) is 11.6 Å². The molecular formula is C21H36N4O. The van der Waals surface area contributed by atoms with Crippen LogP contribution in [-0.4, -0.2) is 22.9 Å². The SMILES string of the molecule is CC(/C=N/N=C(N)N)=C\[C@H]1CC[C@]2(O)C[C@@H](C3CCCCC3)CC[C@]12C. The minimum atomic E-state index is -0.508. The van der Waals surface area contributed by atoms with Crippen molar-refractivity contribution in [3.63, 3.8) is 0 Å². The fraction of sp³-hybridized carbons (Fsp3) is 0.810. The first kappa shape index (κ1) is 19.4. The van der Waals surface area contributed by atoms with Gasteiger partial charge in [-0.2, -0.15) is 5.10 Å². The van der Waals surface area contributed by atoms with E-state index in [-0.39, 0.29) is 11.4 Å². The lowest BCUT2D eigenvalue weighted by molar-refractivity contribution is -0.117. The molecule has 3 fully saturated rings. The van der Waals surface area contributed by atoms with E-state index >= 15 is 0 Å². The van der Waals surface area contributed by atoms with Gasteiger partial charge in [-0.05, 0) is 62.4 Å². The van der Waals surface area contributed by atoms with Crippen molar-refractivity contribution in [3.8, 4) is 0 Å². The first-order chi connectivity index (χ1) is 12.3. The predicted octanol–water partition coefficient (Wildman–Crippen LogP) is 3.72. The molecule has 0 aromatic rings. The molecule has 3 aliphatic rings. The number of hydrogen-bond acceptors (Lipinski definition) is 3. The Bertz CT molecular complexity index is 589. The summed E-state index contributed by atoms with van der Waals surface area (Å²) >= 11 is 0. The van der Waals surface area contributed by atoms with Crippen LogP contribution in [0.5, 0.6) is 0 Å². The van der Waals surface area contributed by atoms with E-state index in [0.29, 0.717) is 5.92 Å². The van der Waals surface area contributed by atoms with Gasteiger partial charge in [-0.25, -0.2) is 0 Å². The lowest BCUT2D eigenvalue weighted by Gasteiger charge is -2.51. The van der Waals surface area contributed by atoms with Gasteiger partial charge in [0.15, 0.2) is 0 Å². The van der Waals surface area contributed by atoms with Gasteiger partial charge >= 0.3 is 0 Å². The number of nitrogens with zero attached hydrogens (tertiary/aromatic N) is 2. The number of hydrogen-bond donors (Lipinski definition) is 3. The molecule has 0 radical (unpaired) electrons. The summed E-state index contributed by atoms with van der Waals surface area (Å²) in [5, 5.41) is 19.2. The van der Waals surface area contributed by atoms with Gasteiger partial charge in [0.25, 0.3) is 0 Å². The Labute approximate surface area is 158 Å². The molecule has 0 saturated heterocycles. The topological polar surface area (TPSA) is 97.0 Å². The van der Waals surface area contributed by atoms with E-state index in [4.69, 9.17) is 11.5 Å². The summed E-state index contributed by atoms with van der Waals surface area (Å²) in [6, 6.07) is 0. The predicted molar refractivity (Wildman–Crippen MR) is 108 cm³/mol. The molecule has 3 aliphatic carbocycles. The quantitative estimate of drug-likeness (QED) is 0.405. The highest BCUT2D eigenvalue weighted by molar-refractivity contribution is 5.80. The third-order valence-electron chi connectivity index (χ3n) is 7.60. The molecule has 0 unspecified atom stereocenters. The summed E-state index contributed by atoms with van der Waals surface area (Å²) in [6.45, 7) is 4.33. The third kappa shape index (κ3) is 3.83. The number of allylic oxidation sites excluding steroid dienone is 2. The maximum absolute atomic E-state index is 11.6. The molecule has 0 aromatic carbocycles. The van der Waals surface area contributed by atoms with Crippen molar-refractivity contribution < 1.29 is 5.11 Å². The summed E-state index contributed by atoms with van der Waals surface area (Å²) in [7, 11) is 0. The Morgan fingerprint density at radius 2 is 1.77 bits per heavy atom. The summed E-state index contributed by atoms with van der Waals surface area (Å²) < 4.78 is 0. The van der Waals surface area contributed by atoms with Crippen LogP contribution in [0.4, 0.5) is 0 Å². The molecule has 5 nitrogen and oxygen atoms in total. The molecule has 0 spiro atoms. The van der Waals surface area contributed by atoms with Crippen LogP contribution in [0.25, 0.3) is 0 Å². The standard InChI is InChI=1S/C21H36N4O/c1-15(14-24-25-19(22)23)12-18-9-11-21(26)13-17(8-10-20(18,21)2)16-6-4-3-5-7-16/h12,14,16-18,26H,3-11,13H2,1-2H3,(H4,22,23,25)/b15-12+,24-14+/t17-,18+,20+,21-/m0/s1. The van der Waals surface area contributed by atoms with Crippen LogP contribution < -0.4 is 11.5 Å². The smallest absolute Gasteiger partial charge is 0.211 e. The molecule has 26 heavy (non-hydrogen) atoms. The van der Waals surface area contributed by atoms with Crippen LogP contribution in [-0.2, 0) is 0 Å². The Kier molecular flexibility index (Phi) is 5.75. The zero-order chi connectivity index (χ0) is 18.8. The number of aliphatic hydroxyl groups is 1. The van der Waals surface area contributed by atoms with Crippen molar-refractivity contribution in [1.82, 2.24) is 0 Å². The molecule has 5 N–H and O–H groups in total. The lowest BCUT2D eigenvalue weighted by Crippen LogP contribution is -2.50. The molecule has 3 saturated carbocycles.